The zero-order valence-electron chi connectivity index (χ0n) is 13.9. The fourth-order valence-electron chi connectivity index (χ4n) is 2.80. The summed E-state index contributed by atoms with van der Waals surface area (Å²) in [5, 5.41) is 1.07. The zero-order valence-corrected chi connectivity index (χ0v) is 16.3. The largest absolute Gasteiger partial charge is 0.465 e. The van der Waals surface area contributed by atoms with Crippen LogP contribution in [0.3, 0.4) is 0 Å². The van der Waals surface area contributed by atoms with Gasteiger partial charge in [-0.15, -0.1) is 0 Å². The van der Waals surface area contributed by atoms with Gasteiger partial charge in [0.2, 0.25) is 0 Å². The number of benzene rings is 2. The van der Waals surface area contributed by atoms with Crippen LogP contribution in [0.5, 0.6) is 0 Å². The van der Waals surface area contributed by atoms with Crippen molar-refractivity contribution in [1.82, 2.24) is 9.55 Å². The maximum atomic E-state index is 11.7. The molecule has 1 unspecified atom stereocenters. The lowest BCUT2D eigenvalue weighted by molar-refractivity contribution is 0.0600. The molecule has 26 heavy (non-hydrogen) atoms. The molecule has 3 aromatic rings. The van der Waals surface area contributed by atoms with E-state index < -0.39 is 4.75 Å². The van der Waals surface area contributed by atoms with Crippen LogP contribution in [0.2, 0.25) is 10.0 Å². The normalized spacial score (nSPS) is 13.2. The third-order valence-corrected chi connectivity index (χ3v) is 5.32. The molecule has 0 fully saturated rings. The first-order valence-electron chi connectivity index (χ1n) is 7.76. The fourth-order valence-corrected chi connectivity index (χ4v) is 3.94. The number of thiol groups is 1. The smallest absolute Gasteiger partial charge is 0.337 e. The molecule has 0 spiro atoms. The van der Waals surface area contributed by atoms with Crippen LogP contribution >= 0.6 is 35.8 Å². The molecule has 0 N–H and O–H groups in total. The van der Waals surface area contributed by atoms with E-state index in [2.05, 4.69) is 4.98 Å². The predicted octanol–water partition coefficient (Wildman–Crippen LogP) is 4.85. The summed E-state index contributed by atoms with van der Waals surface area (Å²) >= 11 is 17.5. The Morgan fingerprint density at radius 3 is 2.54 bits per heavy atom. The molecule has 4 nitrogen and oxygen atoms in total. The van der Waals surface area contributed by atoms with Crippen LogP contribution < -0.4 is 0 Å². The van der Waals surface area contributed by atoms with Crippen molar-refractivity contribution in [3.8, 4) is 0 Å². The van der Waals surface area contributed by atoms with Crippen LogP contribution in [-0.4, -0.2) is 22.6 Å². The van der Waals surface area contributed by atoms with Crippen molar-refractivity contribution >= 4 is 41.8 Å². The standard InChI is InChI=1S/C19H16Cl2N2O2S/c1-25-18(24)13-2-4-14(5-3-13)19(26,11-23-9-8-22-12-23)16-7-6-15(20)10-17(16)21/h2-10,12,26H,11H2,1H3. The highest BCUT2D eigenvalue weighted by atomic mass is 35.5. The Hall–Kier alpha value is -1.95. The van der Waals surface area contributed by atoms with E-state index in [0.29, 0.717) is 22.2 Å². The average Bonchev–Trinajstić information content (AvgIpc) is 3.13. The Labute approximate surface area is 167 Å². The number of hydrogen-bond donors (Lipinski definition) is 1. The van der Waals surface area contributed by atoms with Crippen LogP contribution in [0.4, 0.5) is 0 Å². The molecule has 1 heterocycles. The maximum absolute atomic E-state index is 11.7. The zero-order chi connectivity index (χ0) is 18.7. The summed E-state index contributed by atoms with van der Waals surface area (Å²) < 4.78 is 5.93. The Balaban J connectivity index is 2.09. The fraction of sp³-hybridized carbons (Fsp3) is 0.158. The third-order valence-electron chi connectivity index (χ3n) is 4.13. The highest BCUT2D eigenvalue weighted by molar-refractivity contribution is 7.81. The summed E-state index contributed by atoms with van der Waals surface area (Å²) in [6.07, 6.45) is 5.28. The molecule has 134 valence electrons. The van der Waals surface area contributed by atoms with Crippen molar-refractivity contribution in [1.29, 1.82) is 0 Å². The summed E-state index contributed by atoms with van der Waals surface area (Å²) in [6.45, 7) is 0.495. The van der Waals surface area contributed by atoms with E-state index in [1.807, 2.05) is 29.0 Å². The number of hydrogen-bond acceptors (Lipinski definition) is 4. The van der Waals surface area contributed by atoms with E-state index in [0.717, 1.165) is 11.1 Å². The highest BCUT2D eigenvalue weighted by Crippen LogP contribution is 2.42. The number of carbonyl (C=O) groups excluding carboxylic acids is 1. The first-order chi connectivity index (χ1) is 12.4. The Bertz CT molecular complexity index is 914. The van der Waals surface area contributed by atoms with Crippen molar-refractivity contribution in [2.45, 2.75) is 11.3 Å². The number of ether oxygens (including phenoxy) is 1. The second-order valence-electron chi connectivity index (χ2n) is 5.79. The molecule has 2 aromatic carbocycles. The van der Waals surface area contributed by atoms with Crippen LogP contribution in [0, 0.1) is 0 Å². The summed E-state index contributed by atoms with van der Waals surface area (Å²) in [7, 11) is 1.35. The number of nitrogens with zero attached hydrogens (tertiary/aromatic N) is 2. The molecule has 0 radical (unpaired) electrons. The van der Waals surface area contributed by atoms with Gasteiger partial charge < -0.3 is 9.30 Å². The molecule has 1 aromatic heterocycles. The minimum absolute atomic E-state index is 0.388. The monoisotopic (exact) mass is 406 g/mol. The second kappa shape index (κ2) is 7.74. The topological polar surface area (TPSA) is 44.1 Å². The van der Waals surface area contributed by atoms with E-state index in [-0.39, 0.29) is 5.97 Å². The first-order valence-corrected chi connectivity index (χ1v) is 8.97. The van der Waals surface area contributed by atoms with Gasteiger partial charge in [-0.3, -0.25) is 0 Å². The van der Waals surface area contributed by atoms with Crippen molar-refractivity contribution in [2.24, 2.45) is 0 Å². The van der Waals surface area contributed by atoms with Gasteiger partial charge in [0.15, 0.2) is 0 Å². The second-order valence-corrected chi connectivity index (χ2v) is 7.40. The van der Waals surface area contributed by atoms with Crippen molar-refractivity contribution in [2.75, 3.05) is 7.11 Å². The van der Waals surface area contributed by atoms with Gasteiger partial charge in [-0.2, -0.15) is 12.6 Å². The average molecular weight is 407 g/mol. The van der Waals surface area contributed by atoms with Crippen molar-refractivity contribution in [3.63, 3.8) is 0 Å². The van der Waals surface area contributed by atoms with Crippen molar-refractivity contribution < 1.29 is 9.53 Å². The summed E-state index contributed by atoms with van der Waals surface area (Å²) in [4.78, 5) is 15.8. The van der Waals surface area contributed by atoms with E-state index in [1.165, 1.54) is 7.11 Å². The van der Waals surface area contributed by atoms with Gasteiger partial charge in [0.25, 0.3) is 0 Å². The first kappa shape index (κ1) is 18.8. The number of halogens is 2. The van der Waals surface area contributed by atoms with Crippen LogP contribution in [0.15, 0.2) is 61.2 Å². The maximum Gasteiger partial charge on any atom is 0.337 e. The number of methoxy groups -OCH3 is 1. The van der Waals surface area contributed by atoms with Gasteiger partial charge in [0.05, 0.1) is 23.7 Å². The van der Waals surface area contributed by atoms with Gasteiger partial charge in [-0.05, 0) is 35.4 Å². The molecule has 0 aliphatic carbocycles. The number of aromatic nitrogens is 2. The quantitative estimate of drug-likeness (QED) is 0.486. The van der Waals surface area contributed by atoms with Gasteiger partial charge in [-0.25, -0.2) is 9.78 Å². The van der Waals surface area contributed by atoms with Gasteiger partial charge in [0.1, 0.15) is 0 Å². The summed E-state index contributed by atoms with van der Waals surface area (Å²) in [5.41, 5.74) is 2.16. The molecule has 0 saturated carbocycles. The van der Waals surface area contributed by atoms with Crippen LogP contribution in [0.25, 0.3) is 0 Å². The van der Waals surface area contributed by atoms with E-state index in [1.54, 1.807) is 36.8 Å². The lowest BCUT2D eigenvalue weighted by Gasteiger charge is -2.31. The van der Waals surface area contributed by atoms with Gasteiger partial charge in [0, 0.05) is 29.0 Å². The molecule has 7 heteroatoms. The number of carbonyl (C=O) groups is 1. The number of rotatable bonds is 5. The Morgan fingerprint density at radius 2 is 1.96 bits per heavy atom. The molecule has 0 aliphatic heterocycles. The van der Waals surface area contributed by atoms with E-state index >= 15 is 0 Å². The minimum atomic E-state index is -0.753. The molecule has 3 rings (SSSR count). The molecule has 0 amide bonds. The Morgan fingerprint density at radius 1 is 1.23 bits per heavy atom. The summed E-state index contributed by atoms with van der Waals surface area (Å²) in [5.74, 6) is -0.388. The molecule has 1 atom stereocenters. The van der Waals surface area contributed by atoms with Crippen molar-refractivity contribution in [3.05, 3.63) is 87.9 Å². The summed E-state index contributed by atoms with van der Waals surface area (Å²) in [6, 6.07) is 12.5. The minimum Gasteiger partial charge on any atom is -0.465 e. The third kappa shape index (κ3) is 3.75. The van der Waals surface area contributed by atoms with Gasteiger partial charge in [-0.1, -0.05) is 41.4 Å². The molecule has 0 saturated heterocycles. The lowest BCUT2D eigenvalue weighted by atomic mass is 9.89. The molecular formula is C19H16Cl2N2O2S. The highest BCUT2D eigenvalue weighted by Gasteiger charge is 2.33. The lowest BCUT2D eigenvalue weighted by Crippen LogP contribution is -2.27. The molecule has 0 bridgehead atoms. The van der Waals surface area contributed by atoms with Gasteiger partial charge >= 0.3 is 5.97 Å². The van der Waals surface area contributed by atoms with Crippen LogP contribution in [-0.2, 0) is 16.0 Å². The molecular weight excluding hydrogens is 391 g/mol. The Kier molecular flexibility index (Phi) is 5.61. The number of esters is 1. The number of imidazole rings is 1. The van der Waals surface area contributed by atoms with E-state index in [4.69, 9.17) is 40.6 Å². The van der Waals surface area contributed by atoms with Crippen LogP contribution in [0.1, 0.15) is 21.5 Å². The SMILES string of the molecule is COC(=O)c1ccc(C(S)(Cn2ccnc2)c2ccc(Cl)cc2Cl)cc1. The van der Waals surface area contributed by atoms with E-state index in [9.17, 15) is 4.79 Å². The predicted molar refractivity (Wildman–Crippen MR) is 106 cm³/mol. The molecule has 0 aliphatic rings.